The standard InChI is InChI=1S/C10H12N2O2/c1-12-5-4-8-7(6-12)2-3-9(11-8)10(13)14/h2-3H,4-6H2,1H3,(H,13,14)/p-1. The van der Waals surface area contributed by atoms with Crippen LogP contribution in [0.4, 0.5) is 0 Å². The highest BCUT2D eigenvalue weighted by molar-refractivity contribution is 5.83. The monoisotopic (exact) mass is 191 g/mol. The summed E-state index contributed by atoms with van der Waals surface area (Å²) in [6, 6.07) is 3.33. The number of hydrogen-bond acceptors (Lipinski definition) is 4. The van der Waals surface area contributed by atoms with E-state index in [4.69, 9.17) is 0 Å². The van der Waals surface area contributed by atoms with Crippen LogP contribution in [0.1, 0.15) is 21.7 Å². The van der Waals surface area contributed by atoms with Gasteiger partial charge < -0.3 is 14.8 Å². The van der Waals surface area contributed by atoms with E-state index < -0.39 is 5.97 Å². The highest BCUT2D eigenvalue weighted by Gasteiger charge is 2.14. The first-order chi connectivity index (χ1) is 6.66. The van der Waals surface area contributed by atoms with E-state index in [0.29, 0.717) is 0 Å². The van der Waals surface area contributed by atoms with E-state index in [9.17, 15) is 9.90 Å². The van der Waals surface area contributed by atoms with Gasteiger partial charge in [-0.05, 0) is 18.7 Å². The van der Waals surface area contributed by atoms with E-state index in [2.05, 4.69) is 9.88 Å². The maximum Gasteiger partial charge on any atom is 0.0900 e. The largest absolute Gasteiger partial charge is 0.543 e. The van der Waals surface area contributed by atoms with Gasteiger partial charge in [0.25, 0.3) is 0 Å². The van der Waals surface area contributed by atoms with Crippen molar-refractivity contribution in [1.82, 2.24) is 9.88 Å². The fourth-order valence-corrected chi connectivity index (χ4v) is 1.67. The fraction of sp³-hybridized carbons (Fsp3) is 0.400. The molecular weight excluding hydrogens is 180 g/mol. The number of carboxylic acids is 1. The van der Waals surface area contributed by atoms with Crippen molar-refractivity contribution in [3.8, 4) is 0 Å². The van der Waals surface area contributed by atoms with Gasteiger partial charge in [0.2, 0.25) is 0 Å². The van der Waals surface area contributed by atoms with Gasteiger partial charge in [-0.1, -0.05) is 6.07 Å². The van der Waals surface area contributed by atoms with Crippen LogP contribution >= 0.6 is 0 Å². The molecule has 0 fully saturated rings. The van der Waals surface area contributed by atoms with Gasteiger partial charge in [0.05, 0.1) is 11.7 Å². The van der Waals surface area contributed by atoms with Gasteiger partial charge in [0.15, 0.2) is 0 Å². The van der Waals surface area contributed by atoms with Gasteiger partial charge in [0, 0.05) is 25.2 Å². The molecule has 0 N–H and O–H groups in total. The second kappa shape index (κ2) is 3.38. The van der Waals surface area contributed by atoms with E-state index in [1.807, 2.05) is 13.1 Å². The minimum Gasteiger partial charge on any atom is -0.543 e. The van der Waals surface area contributed by atoms with Crippen LogP contribution in [0, 0.1) is 0 Å². The van der Waals surface area contributed by atoms with Crippen LogP contribution in [0.15, 0.2) is 12.1 Å². The molecule has 4 nitrogen and oxygen atoms in total. The normalized spacial score (nSPS) is 16.4. The Labute approximate surface area is 82.2 Å². The number of likely N-dealkylation sites (N-methyl/N-ethyl adjacent to an activating group) is 1. The molecule has 1 aromatic rings. The SMILES string of the molecule is CN1CCc2nc(C(=O)[O-])ccc2C1. The molecule has 0 spiro atoms. The summed E-state index contributed by atoms with van der Waals surface area (Å²) in [4.78, 5) is 16.8. The fourth-order valence-electron chi connectivity index (χ4n) is 1.67. The van der Waals surface area contributed by atoms with Gasteiger partial charge in [-0.3, -0.25) is 4.98 Å². The Balaban J connectivity index is 2.36. The van der Waals surface area contributed by atoms with E-state index in [0.717, 1.165) is 30.8 Å². The smallest absolute Gasteiger partial charge is 0.0900 e. The third-order valence-electron chi connectivity index (χ3n) is 2.45. The molecule has 0 radical (unpaired) electrons. The number of aromatic carboxylic acids is 1. The molecule has 1 aliphatic rings. The molecule has 0 amide bonds. The molecule has 0 aromatic carbocycles. The van der Waals surface area contributed by atoms with Crippen molar-refractivity contribution in [1.29, 1.82) is 0 Å². The van der Waals surface area contributed by atoms with Crippen LogP contribution in [0.5, 0.6) is 0 Å². The average Bonchev–Trinajstić information content (AvgIpc) is 2.16. The Morgan fingerprint density at radius 3 is 3.07 bits per heavy atom. The summed E-state index contributed by atoms with van der Waals surface area (Å²) in [6.07, 6.45) is 0.812. The maximum absolute atomic E-state index is 10.6. The number of carbonyl (C=O) groups is 1. The zero-order valence-electron chi connectivity index (χ0n) is 7.99. The van der Waals surface area contributed by atoms with Crippen molar-refractivity contribution in [2.75, 3.05) is 13.6 Å². The third kappa shape index (κ3) is 1.61. The summed E-state index contributed by atoms with van der Waals surface area (Å²) in [5.74, 6) is -1.20. The Morgan fingerprint density at radius 2 is 2.36 bits per heavy atom. The van der Waals surface area contributed by atoms with Crippen LogP contribution in [0.25, 0.3) is 0 Å². The first-order valence-electron chi connectivity index (χ1n) is 4.55. The predicted molar refractivity (Wildman–Crippen MR) is 48.6 cm³/mol. The third-order valence-corrected chi connectivity index (χ3v) is 2.45. The molecule has 0 unspecified atom stereocenters. The molecule has 1 aromatic heterocycles. The van der Waals surface area contributed by atoms with Crippen LogP contribution in [0.3, 0.4) is 0 Å². The number of hydrogen-bond donors (Lipinski definition) is 0. The molecule has 0 aliphatic carbocycles. The summed E-state index contributed by atoms with van der Waals surface area (Å²) in [5, 5.41) is 10.6. The van der Waals surface area contributed by atoms with Crippen LogP contribution in [-0.2, 0) is 13.0 Å². The second-order valence-corrected chi connectivity index (χ2v) is 3.58. The van der Waals surface area contributed by atoms with Crippen molar-refractivity contribution >= 4 is 5.97 Å². The van der Waals surface area contributed by atoms with Crippen molar-refractivity contribution in [2.24, 2.45) is 0 Å². The molecule has 2 rings (SSSR count). The molecule has 1 aliphatic heterocycles. The number of fused-ring (bicyclic) bond motifs is 1. The lowest BCUT2D eigenvalue weighted by atomic mass is 10.1. The Bertz CT molecular complexity index is 376. The van der Waals surface area contributed by atoms with Crippen LogP contribution in [0.2, 0.25) is 0 Å². The average molecular weight is 191 g/mol. The topological polar surface area (TPSA) is 56.3 Å². The zero-order valence-corrected chi connectivity index (χ0v) is 7.99. The van der Waals surface area contributed by atoms with Crippen LogP contribution in [-0.4, -0.2) is 29.4 Å². The summed E-state index contributed by atoms with van der Waals surface area (Å²) in [5.41, 5.74) is 2.04. The number of nitrogens with zero attached hydrogens (tertiary/aromatic N) is 2. The summed E-state index contributed by atoms with van der Waals surface area (Å²) >= 11 is 0. The number of aromatic nitrogens is 1. The highest BCUT2D eigenvalue weighted by atomic mass is 16.4. The van der Waals surface area contributed by atoms with Crippen molar-refractivity contribution < 1.29 is 9.90 Å². The van der Waals surface area contributed by atoms with E-state index in [1.165, 1.54) is 6.07 Å². The Kier molecular flexibility index (Phi) is 2.21. The molecule has 74 valence electrons. The molecule has 14 heavy (non-hydrogen) atoms. The lowest BCUT2D eigenvalue weighted by Crippen LogP contribution is -2.29. The lowest BCUT2D eigenvalue weighted by molar-refractivity contribution is -0.255. The summed E-state index contributed by atoms with van der Waals surface area (Å²) < 4.78 is 0. The first-order valence-corrected chi connectivity index (χ1v) is 4.55. The molecule has 2 heterocycles. The van der Waals surface area contributed by atoms with Crippen molar-refractivity contribution in [2.45, 2.75) is 13.0 Å². The lowest BCUT2D eigenvalue weighted by Gasteiger charge is -2.24. The minimum absolute atomic E-state index is 0.0355. The maximum atomic E-state index is 10.6. The molecule has 4 heteroatoms. The van der Waals surface area contributed by atoms with Gasteiger partial charge in [-0.25, -0.2) is 0 Å². The van der Waals surface area contributed by atoms with Gasteiger partial charge >= 0.3 is 0 Å². The number of rotatable bonds is 1. The predicted octanol–water partition coefficient (Wildman–Crippen LogP) is -0.567. The molecule has 0 saturated heterocycles. The second-order valence-electron chi connectivity index (χ2n) is 3.58. The van der Waals surface area contributed by atoms with Crippen molar-refractivity contribution in [3.05, 3.63) is 29.1 Å². The summed E-state index contributed by atoms with van der Waals surface area (Å²) in [6.45, 7) is 1.77. The number of carboxylic acid groups (broad SMARTS) is 1. The quantitative estimate of drug-likeness (QED) is 0.596. The van der Waals surface area contributed by atoms with Crippen LogP contribution < -0.4 is 5.11 Å². The molecule has 0 atom stereocenters. The minimum atomic E-state index is -1.20. The first kappa shape index (κ1) is 9.15. The van der Waals surface area contributed by atoms with E-state index in [1.54, 1.807) is 0 Å². The summed E-state index contributed by atoms with van der Waals surface area (Å²) in [7, 11) is 2.04. The number of carbonyl (C=O) groups excluding carboxylic acids is 1. The van der Waals surface area contributed by atoms with Gasteiger partial charge in [-0.2, -0.15) is 0 Å². The Hall–Kier alpha value is -1.42. The highest BCUT2D eigenvalue weighted by Crippen LogP contribution is 2.15. The van der Waals surface area contributed by atoms with Gasteiger partial charge in [0.1, 0.15) is 0 Å². The zero-order chi connectivity index (χ0) is 10.1. The number of pyridine rings is 1. The van der Waals surface area contributed by atoms with Gasteiger partial charge in [-0.15, -0.1) is 0 Å². The molecule has 0 bridgehead atoms. The van der Waals surface area contributed by atoms with E-state index >= 15 is 0 Å². The Morgan fingerprint density at radius 1 is 1.57 bits per heavy atom. The molecular formula is C10H11N2O2-. The molecule has 0 saturated carbocycles. The van der Waals surface area contributed by atoms with Crippen molar-refractivity contribution in [3.63, 3.8) is 0 Å². The van der Waals surface area contributed by atoms with E-state index in [-0.39, 0.29) is 5.69 Å².